The Morgan fingerprint density at radius 1 is 1.45 bits per heavy atom. The number of aliphatic hydroxyl groups is 1. The Kier molecular flexibility index (Phi) is 6.36. The van der Waals surface area contributed by atoms with Crippen LogP contribution in [0, 0.1) is 0 Å². The van der Waals surface area contributed by atoms with Gasteiger partial charge in [-0.2, -0.15) is 0 Å². The van der Waals surface area contributed by atoms with E-state index in [-0.39, 0.29) is 11.9 Å². The second kappa shape index (κ2) is 8.27. The number of carbonyl (C=O) groups is 1. The normalized spacial score (nSPS) is 22.0. The number of nitrogens with one attached hydrogen (secondary N) is 1. The van der Waals surface area contributed by atoms with Crippen molar-refractivity contribution >= 4 is 5.91 Å². The van der Waals surface area contributed by atoms with E-state index in [1.807, 2.05) is 37.3 Å². The van der Waals surface area contributed by atoms with E-state index < -0.39 is 12.2 Å². The molecule has 1 aromatic carbocycles. The van der Waals surface area contributed by atoms with Crippen molar-refractivity contribution in [1.82, 2.24) is 10.2 Å². The summed E-state index contributed by atoms with van der Waals surface area (Å²) in [6.45, 7) is 6.88. The van der Waals surface area contributed by atoms with Gasteiger partial charge in [-0.3, -0.25) is 9.69 Å². The number of ether oxygens (including phenoxy) is 1. The smallest absolute Gasteiger partial charge is 0.250 e. The second-order valence-electron chi connectivity index (χ2n) is 5.81. The molecule has 122 valence electrons. The van der Waals surface area contributed by atoms with E-state index >= 15 is 0 Å². The van der Waals surface area contributed by atoms with Gasteiger partial charge < -0.3 is 15.2 Å². The van der Waals surface area contributed by atoms with Crippen LogP contribution in [0.5, 0.6) is 0 Å². The first kappa shape index (κ1) is 16.9. The number of likely N-dealkylation sites (N-methyl/N-ethyl adjacent to an activating group) is 1. The largest absolute Gasteiger partial charge is 0.391 e. The third kappa shape index (κ3) is 4.80. The van der Waals surface area contributed by atoms with Gasteiger partial charge in [0.25, 0.3) is 5.91 Å². The summed E-state index contributed by atoms with van der Waals surface area (Å²) < 4.78 is 5.54. The number of carbonyl (C=O) groups excluding carboxylic acids is 1. The zero-order valence-corrected chi connectivity index (χ0v) is 13.4. The predicted octanol–water partition coefficient (Wildman–Crippen LogP) is 0.815. The Morgan fingerprint density at radius 2 is 2.18 bits per heavy atom. The molecule has 2 rings (SSSR count). The Labute approximate surface area is 132 Å². The van der Waals surface area contributed by atoms with Crippen molar-refractivity contribution in [2.45, 2.75) is 38.5 Å². The van der Waals surface area contributed by atoms with E-state index in [1.54, 1.807) is 0 Å². The maximum Gasteiger partial charge on any atom is 0.250 e. The highest BCUT2D eigenvalue weighted by Crippen LogP contribution is 2.08. The fourth-order valence-electron chi connectivity index (χ4n) is 2.59. The molecular weight excluding hydrogens is 280 g/mol. The molecule has 1 aliphatic heterocycles. The van der Waals surface area contributed by atoms with E-state index in [0.29, 0.717) is 19.6 Å². The van der Waals surface area contributed by atoms with Gasteiger partial charge in [-0.1, -0.05) is 37.3 Å². The SMILES string of the molecule is CCN1CCOC(C(=O)NC(C)C(O)Cc2ccccc2)C1. The van der Waals surface area contributed by atoms with Crippen molar-refractivity contribution in [2.24, 2.45) is 0 Å². The molecule has 3 unspecified atom stereocenters. The summed E-state index contributed by atoms with van der Waals surface area (Å²) in [4.78, 5) is 14.4. The summed E-state index contributed by atoms with van der Waals surface area (Å²) in [5, 5.41) is 13.1. The van der Waals surface area contributed by atoms with Crippen molar-refractivity contribution in [1.29, 1.82) is 0 Å². The zero-order valence-electron chi connectivity index (χ0n) is 13.4. The number of nitrogens with zero attached hydrogens (tertiary/aromatic N) is 1. The zero-order chi connectivity index (χ0) is 15.9. The molecule has 22 heavy (non-hydrogen) atoms. The van der Waals surface area contributed by atoms with Gasteiger partial charge in [0.1, 0.15) is 6.10 Å². The molecule has 0 aromatic heterocycles. The number of benzene rings is 1. The Morgan fingerprint density at radius 3 is 2.86 bits per heavy atom. The number of morpholine rings is 1. The lowest BCUT2D eigenvalue weighted by Crippen LogP contribution is -2.53. The van der Waals surface area contributed by atoms with E-state index in [9.17, 15) is 9.90 Å². The van der Waals surface area contributed by atoms with Crippen molar-refractivity contribution in [2.75, 3.05) is 26.2 Å². The van der Waals surface area contributed by atoms with Gasteiger partial charge in [-0.15, -0.1) is 0 Å². The molecule has 0 radical (unpaired) electrons. The molecule has 0 aliphatic carbocycles. The van der Waals surface area contributed by atoms with Crippen LogP contribution in [-0.4, -0.2) is 60.4 Å². The molecule has 1 aliphatic rings. The van der Waals surface area contributed by atoms with Gasteiger partial charge in [-0.25, -0.2) is 0 Å². The monoisotopic (exact) mass is 306 g/mol. The highest BCUT2D eigenvalue weighted by atomic mass is 16.5. The van der Waals surface area contributed by atoms with Crippen LogP contribution >= 0.6 is 0 Å². The molecular formula is C17H26N2O3. The van der Waals surface area contributed by atoms with Crippen LogP contribution in [0.1, 0.15) is 19.4 Å². The minimum atomic E-state index is -0.614. The van der Waals surface area contributed by atoms with Crippen LogP contribution in [0.4, 0.5) is 0 Å². The number of rotatable bonds is 6. The van der Waals surface area contributed by atoms with Crippen molar-refractivity contribution in [3.8, 4) is 0 Å². The third-order valence-electron chi connectivity index (χ3n) is 4.12. The number of hydrogen-bond acceptors (Lipinski definition) is 4. The lowest BCUT2D eigenvalue weighted by molar-refractivity contribution is -0.139. The summed E-state index contributed by atoms with van der Waals surface area (Å²) >= 11 is 0. The number of amides is 1. The fraction of sp³-hybridized carbons (Fsp3) is 0.588. The Bertz CT molecular complexity index is 466. The molecule has 1 saturated heterocycles. The molecule has 3 atom stereocenters. The first-order chi connectivity index (χ1) is 10.6. The molecule has 0 bridgehead atoms. The summed E-state index contributed by atoms with van der Waals surface area (Å²) in [7, 11) is 0. The maximum atomic E-state index is 12.3. The third-order valence-corrected chi connectivity index (χ3v) is 4.12. The molecule has 0 spiro atoms. The van der Waals surface area contributed by atoms with Gasteiger partial charge in [0.15, 0.2) is 0 Å². The van der Waals surface area contributed by atoms with Crippen LogP contribution in [0.25, 0.3) is 0 Å². The highest BCUT2D eigenvalue weighted by molar-refractivity contribution is 5.81. The maximum absolute atomic E-state index is 12.3. The van der Waals surface area contributed by atoms with Gasteiger partial charge in [-0.05, 0) is 19.0 Å². The fourth-order valence-corrected chi connectivity index (χ4v) is 2.59. The topological polar surface area (TPSA) is 61.8 Å². The van der Waals surface area contributed by atoms with Crippen LogP contribution in [0.2, 0.25) is 0 Å². The summed E-state index contributed by atoms with van der Waals surface area (Å²) in [5.74, 6) is -0.141. The molecule has 0 saturated carbocycles. The van der Waals surface area contributed by atoms with Crippen LogP contribution in [-0.2, 0) is 16.0 Å². The van der Waals surface area contributed by atoms with E-state index in [4.69, 9.17) is 4.74 Å². The first-order valence-electron chi connectivity index (χ1n) is 7.96. The molecule has 1 fully saturated rings. The summed E-state index contributed by atoms with van der Waals surface area (Å²) in [6.07, 6.45) is -0.535. The molecule has 1 heterocycles. The standard InChI is InChI=1S/C17H26N2O3/c1-3-19-9-10-22-16(12-19)17(21)18-13(2)15(20)11-14-7-5-4-6-8-14/h4-8,13,15-16,20H,3,9-12H2,1-2H3,(H,18,21). The van der Waals surface area contributed by atoms with Gasteiger partial charge in [0.2, 0.25) is 0 Å². The minimum absolute atomic E-state index is 0.141. The van der Waals surface area contributed by atoms with Crippen LogP contribution < -0.4 is 5.32 Å². The lowest BCUT2D eigenvalue weighted by atomic mass is 10.0. The number of hydrogen-bond donors (Lipinski definition) is 2. The average Bonchev–Trinajstić information content (AvgIpc) is 2.55. The Balaban J connectivity index is 1.82. The lowest BCUT2D eigenvalue weighted by Gasteiger charge is -2.32. The average molecular weight is 306 g/mol. The predicted molar refractivity (Wildman–Crippen MR) is 85.6 cm³/mol. The quantitative estimate of drug-likeness (QED) is 0.817. The summed E-state index contributed by atoms with van der Waals surface area (Å²) in [6, 6.07) is 9.47. The second-order valence-corrected chi connectivity index (χ2v) is 5.81. The van der Waals surface area contributed by atoms with Crippen LogP contribution in [0.15, 0.2) is 30.3 Å². The summed E-state index contributed by atoms with van der Waals surface area (Å²) in [5.41, 5.74) is 1.06. The van der Waals surface area contributed by atoms with Gasteiger partial charge >= 0.3 is 0 Å². The first-order valence-corrected chi connectivity index (χ1v) is 7.96. The molecule has 5 nitrogen and oxygen atoms in total. The van der Waals surface area contributed by atoms with Crippen molar-refractivity contribution < 1.29 is 14.6 Å². The molecule has 2 N–H and O–H groups in total. The molecule has 1 amide bonds. The van der Waals surface area contributed by atoms with Gasteiger partial charge in [0, 0.05) is 19.5 Å². The molecule has 5 heteroatoms. The Hall–Kier alpha value is -1.43. The number of aliphatic hydroxyl groups excluding tert-OH is 1. The van der Waals surface area contributed by atoms with Crippen LogP contribution in [0.3, 0.4) is 0 Å². The van der Waals surface area contributed by atoms with Crippen molar-refractivity contribution in [3.05, 3.63) is 35.9 Å². The van der Waals surface area contributed by atoms with Crippen molar-refractivity contribution in [3.63, 3.8) is 0 Å². The molecule has 1 aromatic rings. The minimum Gasteiger partial charge on any atom is -0.391 e. The van der Waals surface area contributed by atoms with E-state index in [0.717, 1.165) is 18.7 Å². The van der Waals surface area contributed by atoms with E-state index in [2.05, 4.69) is 17.1 Å². The van der Waals surface area contributed by atoms with Gasteiger partial charge in [0.05, 0.1) is 18.8 Å². The van der Waals surface area contributed by atoms with E-state index in [1.165, 1.54) is 0 Å². The highest BCUT2D eigenvalue weighted by Gasteiger charge is 2.28.